The topological polar surface area (TPSA) is 16.4 Å². The molecule has 300 valence electrons. The molecule has 9 aromatic carbocycles. The van der Waals surface area contributed by atoms with Crippen LogP contribution in [0.15, 0.2) is 211 Å². The van der Waals surface area contributed by atoms with Gasteiger partial charge in [-0.25, -0.2) is 0 Å². The average Bonchev–Trinajstić information content (AvgIpc) is 3.84. The molecule has 0 bridgehead atoms. The van der Waals surface area contributed by atoms with Crippen LogP contribution in [0.1, 0.15) is 42.5 Å². The molecule has 0 aliphatic heterocycles. The van der Waals surface area contributed by atoms with E-state index in [4.69, 9.17) is 4.42 Å². The minimum atomic E-state index is -0.110. The van der Waals surface area contributed by atoms with Gasteiger partial charge in [-0.2, -0.15) is 0 Å². The van der Waals surface area contributed by atoms with Gasteiger partial charge >= 0.3 is 0 Å². The molecule has 0 fully saturated rings. The largest absolute Gasteiger partial charge is 0.455 e. The van der Waals surface area contributed by atoms with E-state index in [0.717, 1.165) is 63.0 Å². The van der Waals surface area contributed by atoms with E-state index in [9.17, 15) is 0 Å². The van der Waals surface area contributed by atoms with Gasteiger partial charge in [0.2, 0.25) is 0 Å². The molecule has 0 saturated heterocycles. The SMILES string of the molecule is CC1(C)c2ccccc2-c2ccc(N(c3ccc(-c4ccccc4)cc3)c3ccc(-c4cc5c(oc6c(-c7ccccc7)cc(-c7ccccc7)cc65)c5c4C=CCC5)cc3)cc21. The Kier molecular flexibility index (Phi) is 8.69. The molecule has 12 rings (SSSR count). The molecule has 0 amide bonds. The first kappa shape index (κ1) is 37.1. The van der Waals surface area contributed by atoms with Crippen LogP contribution in [-0.4, -0.2) is 0 Å². The Labute approximate surface area is 369 Å². The molecule has 1 heterocycles. The van der Waals surface area contributed by atoms with E-state index in [-0.39, 0.29) is 5.41 Å². The van der Waals surface area contributed by atoms with E-state index in [1.807, 2.05) is 0 Å². The number of allylic oxidation sites excluding steroid dienone is 1. The normalized spacial score (nSPS) is 13.5. The highest BCUT2D eigenvalue weighted by Crippen LogP contribution is 2.51. The molecule has 2 aliphatic rings. The van der Waals surface area contributed by atoms with Crippen LogP contribution in [0, 0.1) is 0 Å². The van der Waals surface area contributed by atoms with Gasteiger partial charge in [0.1, 0.15) is 11.2 Å². The third-order valence-corrected chi connectivity index (χ3v) is 13.5. The summed E-state index contributed by atoms with van der Waals surface area (Å²) in [7, 11) is 0. The van der Waals surface area contributed by atoms with Crippen LogP contribution in [-0.2, 0) is 11.8 Å². The molecule has 0 saturated carbocycles. The van der Waals surface area contributed by atoms with Crippen molar-refractivity contribution in [3.05, 3.63) is 229 Å². The quantitative estimate of drug-likeness (QED) is 0.159. The Morgan fingerprint density at radius 1 is 0.413 bits per heavy atom. The molecule has 2 heteroatoms. The third-order valence-electron chi connectivity index (χ3n) is 13.5. The highest BCUT2D eigenvalue weighted by atomic mass is 16.3. The van der Waals surface area contributed by atoms with E-state index in [2.05, 4.69) is 231 Å². The van der Waals surface area contributed by atoms with E-state index in [1.165, 1.54) is 66.8 Å². The van der Waals surface area contributed by atoms with E-state index >= 15 is 0 Å². The number of hydrogen-bond donors (Lipinski definition) is 0. The van der Waals surface area contributed by atoms with Crippen molar-refractivity contribution in [1.29, 1.82) is 0 Å². The number of nitrogens with zero attached hydrogens (tertiary/aromatic N) is 1. The number of anilines is 3. The summed E-state index contributed by atoms with van der Waals surface area (Å²) in [5, 5.41) is 2.31. The number of rotatable bonds is 7. The zero-order valence-corrected chi connectivity index (χ0v) is 35.5. The average molecular weight is 808 g/mol. The van der Waals surface area contributed by atoms with Gasteiger partial charge in [-0.05, 0) is 134 Å². The van der Waals surface area contributed by atoms with Crippen molar-refractivity contribution < 1.29 is 4.42 Å². The molecule has 2 nitrogen and oxygen atoms in total. The third kappa shape index (κ3) is 6.16. The Bertz CT molecular complexity index is 3380. The van der Waals surface area contributed by atoms with Crippen LogP contribution in [0.3, 0.4) is 0 Å². The first-order chi connectivity index (χ1) is 31.0. The van der Waals surface area contributed by atoms with Gasteiger partial charge in [-0.1, -0.05) is 172 Å². The van der Waals surface area contributed by atoms with Gasteiger partial charge in [-0.15, -0.1) is 0 Å². The van der Waals surface area contributed by atoms with E-state index in [0.29, 0.717) is 0 Å². The molecule has 0 N–H and O–H groups in total. The predicted molar refractivity (Wildman–Crippen MR) is 265 cm³/mol. The van der Waals surface area contributed by atoms with Crippen molar-refractivity contribution in [2.24, 2.45) is 0 Å². The minimum Gasteiger partial charge on any atom is -0.455 e. The summed E-state index contributed by atoms with van der Waals surface area (Å²) < 4.78 is 7.03. The zero-order chi connectivity index (χ0) is 42.1. The fourth-order valence-electron chi connectivity index (χ4n) is 10.3. The Morgan fingerprint density at radius 3 is 1.65 bits per heavy atom. The zero-order valence-electron chi connectivity index (χ0n) is 35.5. The summed E-state index contributed by atoms with van der Waals surface area (Å²) in [5.74, 6) is 0. The second kappa shape index (κ2) is 14.8. The van der Waals surface area contributed by atoms with Gasteiger partial charge in [0.25, 0.3) is 0 Å². The van der Waals surface area contributed by atoms with Gasteiger partial charge in [0.05, 0.1) is 0 Å². The predicted octanol–water partition coefficient (Wildman–Crippen LogP) is 17.0. The maximum absolute atomic E-state index is 7.03. The molecule has 0 unspecified atom stereocenters. The van der Waals surface area contributed by atoms with Crippen molar-refractivity contribution in [3.8, 4) is 55.6 Å². The minimum absolute atomic E-state index is 0.110. The summed E-state index contributed by atoms with van der Waals surface area (Å²) in [6.45, 7) is 4.71. The maximum atomic E-state index is 7.03. The summed E-state index contributed by atoms with van der Waals surface area (Å²) in [6, 6.07) is 73.1. The number of furan rings is 1. The van der Waals surface area contributed by atoms with Gasteiger partial charge in [0, 0.05) is 44.4 Å². The fourth-order valence-corrected chi connectivity index (χ4v) is 10.3. The van der Waals surface area contributed by atoms with Gasteiger partial charge in [-0.3, -0.25) is 0 Å². The monoisotopic (exact) mass is 807 g/mol. The number of hydrogen-bond acceptors (Lipinski definition) is 2. The van der Waals surface area contributed by atoms with Gasteiger partial charge in [0.15, 0.2) is 0 Å². The molecule has 0 radical (unpaired) electrons. The second-order valence-electron chi connectivity index (χ2n) is 17.6. The smallest absolute Gasteiger partial charge is 0.143 e. The Hall–Kier alpha value is -7.68. The van der Waals surface area contributed by atoms with Crippen LogP contribution in [0.5, 0.6) is 0 Å². The molecule has 1 aromatic heterocycles. The molecule has 10 aromatic rings. The van der Waals surface area contributed by atoms with Crippen molar-refractivity contribution in [2.45, 2.75) is 32.1 Å². The molecule has 0 atom stereocenters. The lowest BCUT2D eigenvalue weighted by molar-refractivity contribution is 0.660. The summed E-state index contributed by atoms with van der Waals surface area (Å²) >= 11 is 0. The summed E-state index contributed by atoms with van der Waals surface area (Å²) in [6.07, 6.45) is 6.55. The standard InChI is InChI=1S/C61H45NO/c1-61(2)57-25-15-14-23-50(57)51-35-34-48(38-58(51)61)62(46-30-26-42(27-31-46)40-16-6-3-7-17-40)47-32-28-44(29-33-47)53-39-56-55-37-45(41-18-8-4-9-19-41)36-54(43-20-10-5-11-21-43)60(55)63-59(56)52-24-13-12-22-49(52)53/h3-12,14-23,25-39H,13,24H2,1-2H3. The second-order valence-corrected chi connectivity index (χ2v) is 17.6. The molecule has 0 spiro atoms. The van der Waals surface area contributed by atoms with Crippen molar-refractivity contribution in [2.75, 3.05) is 4.90 Å². The lowest BCUT2D eigenvalue weighted by Crippen LogP contribution is -2.16. The Morgan fingerprint density at radius 2 is 0.952 bits per heavy atom. The highest BCUT2D eigenvalue weighted by Gasteiger charge is 2.36. The summed E-state index contributed by atoms with van der Waals surface area (Å²) in [5.41, 5.74) is 22.6. The van der Waals surface area contributed by atoms with Crippen LogP contribution in [0.4, 0.5) is 17.1 Å². The van der Waals surface area contributed by atoms with E-state index in [1.54, 1.807) is 0 Å². The fraction of sp³-hybridized carbons (Fsp3) is 0.0820. The van der Waals surface area contributed by atoms with Crippen LogP contribution in [0.25, 0.3) is 83.6 Å². The van der Waals surface area contributed by atoms with Crippen LogP contribution >= 0.6 is 0 Å². The number of aryl methyl sites for hydroxylation is 1. The van der Waals surface area contributed by atoms with Crippen molar-refractivity contribution in [1.82, 2.24) is 0 Å². The first-order valence-corrected chi connectivity index (χ1v) is 22.1. The molecular weight excluding hydrogens is 763 g/mol. The maximum Gasteiger partial charge on any atom is 0.143 e. The molecule has 63 heavy (non-hydrogen) atoms. The number of fused-ring (bicyclic) bond motifs is 8. The first-order valence-electron chi connectivity index (χ1n) is 22.1. The van der Waals surface area contributed by atoms with Crippen molar-refractivity contribution >= 4 is 45.1 Å². The van der Waals surface area contributed by atoms with Gasteiger partial charge < -0.3 is 9.32 Å². The Balaban J connectivity index is 1.01. The van der Waals surface area contributed by atoms with Crippen LogP contribution in [0.2, 0.25) is 0 Å². The lowest BCUT2D eigenvalue weighted by atomic mass is 9.82. The summed E-state index contributed by atoms with van der Waals surface area (Å²) in [4.78, 5) is 2.41. The highest BCUT2D eigenvalue weighted by molar-refractivity contribution is 6.14. The van der Waals surface area contributed by atoms with E-state index < -0.39 is 0 Å². The van der Waals surface area contributed by atoms with Crippen LogP contribution < -0.4 is 4.90 Å². The molecule has 2 aliphatic carbocycles. The number of benzene rings is 9. The van der Waals surface area contributed by atoms with Crippen molar-refractivity contribution in [3.63, 3.8) is 0 Å². The lowest BCUT2D eigenvalue weighted by Gasteiger charge is -2.28. The molecular formula is C61H45NO.